The minimum absolute atomic E-state index is 0.0420. The molecule has 2 aromatic rings. The molecule has 0 aliphatic rings. The number of nitrogens with one attached hydrogen (secondary N) is 1. The van der Waals surface area contributed by atoms with Gasteiger partial charge in [0.25, 0.3) is 10.0 Å². The minimum Gasteiger partial charge on any atom is -0.279 e. The normalized spacial score (nSPS) is 11.0. The molecular formula is C11H6ClFN2O2S2. The van der Waals surface area contributed by atoms with Crippen LogP contribution in [0.2, 0.25) is 4.34 Å². The Morgan fingerprint density at radius 3 is 2.63 bits per heavy atom. The molecule has 1 aromatic carbocycles. The van der Waals surface area contributed by atoms with Crippen molar-refractivity contribution in [3.8, 4) is 6.07 Å². The van der Waals surface area contributed by atoms with Crippen molar-refractivity contribution in [1.82, 2.24) is 0 Å². The molecule has 0 amide bonds. The van der Waals surface area contributed by atoms with Gasteiger partial charge in [-0.15, -0.1) is 11.3 Å². The van der Waals surface area contributed by atoms with Crippen LogP contribution in [0.1, 0.15) is 5.56 Å². The molecule has 0 unspecified atom stereocenters. The van der Waals surface area contributed by atoms with Gasteiger partial charge in [0.2, 0.25) is 0 Å². The van der Waals surface area contributed by atoms with Gasteiger partial charge < -0.3 is 0 Å². The van der Waals surface area contributed by atoms with Gasteiger partial charge in [0.15, 0.2) is 0 Å². The summed E-state index contributed by atoms with van der Waals surface area (Å²) in [5.74, 6) is -0.704. The highest BCUT2D eigenvalue weighted by Crippen LogP contribution is 2.27. The monoisotopic (exact) mass is 316 g/mol. The van der Waals surface area contributed by atoms with Crippen molar-refractivity contribution in [2.24, 2.45) is 0 Å². The van der Waals surface area contributed by atoms with Crippen molar-refractivity contribution < 1.29 is 12.8 Å². The van der Waals surface area contributed by atoms with Crippen molar-refractivity contribution in [3.05, 3.63) is 46.0 Å². The predicted molar refractivity (Wildman–Crippen MR) is 71.3 cm³/mol. The van der Waals surface area contributed by atoms with E-state index in [1.54, 1.807) is 6.07 Å². The zero-order chi connectivity index (χ0) is 14.0. The van der Waals surface area contributed by atoms with Crippen molar-refractivity contribution >= 4 is 38.6 Å². The summed E-state index contributed by atoms with van der Waals surface area (Å²) in [7, 11) is -3.78. The van der Waals surface area contributed by atoms with Gasteiger partial charge in [0.05, 0.1) is 15.6 Å². The molecule has 0 radical (unpaired) electrons. The predicted octanol–water partition coefficient (Wildman–Crippen LogP) is 3.21. The molecule has 1 heterocycles. The number of halogens is 2. The van der Waals surface area contributed by atoms with Gasteiger partial charge in [0.1, 0.15) is 16.1 Å². The van der Waals surface area contributed by atoms with E-state index < -0.39 is 15.8 Å². The van der Waals surface area contributed by atoms with Gasteiger partial charge >= 0.3 is 0 Å². The molecule has 98 valence electrons. The van der Waals surface area contributed by atoms with Crippen LogP contribution in [0.4, 0.5) is 10.1 Å². The van der Waals surface area contributed by atoms with Crippen molar-refractivity contribution in [2.45, 2.75) is 4.21 Å². The Hall–Kier alpha value is -1.62. The lowest BCUT2D eigenvalue weighted by Gasteiger charge is -2.06. The fraction of sp³-hybridized carbons (Fsp3) is 0. The summed E-state index contributed by atoms with van der Waals surface area (Å²) in [5.41, 5.74) is -0.119. The Balaban J connectivity index is 2.34. The Labute approximate surface area is 118 Å². The van der Waals surface area contributed by atoms with Crippen LogP contribution in [0.25, 0.3) is 0 Å². The van der Waals surface area contributed by atoms with Crippen LogP contribution >= 0.6 is 22.9 Å². The Bertz CT molecular complexity index is 765. The zero-order valence-corrected chi connectivity index (χ0v) is 11.6. The first kappa shape index (κ1) is 13.8. The van der Waals surface area contributed by atoms with Crippen LogP contribution in [-0.2, 0) is 10.0 Å². The smallest absolute Gasteiger partial charge is 0.271 e. The molecule has 4 nitrogen and oxygen atoms in total. The highest BCUT2D eigenvalue weighted by Gasteiger charge is 2.17. The molecule has 0 atom stereocenters. The third-order valence-electron chi connectivity index (χ3n) is 2.15. The SMILES string of the molecule is N#Cc1cc(NS(=O)(=O)c2ccc(Cl)s2)ccc1F. The summed E-state index contributed by atoms with van der Waals surface area (Å²) in [6, 6.07) is 7.86. The standard InChI is InChI=1S/C11H6ClFN2O2S2/c12-10-3-4-11(18-10)19(16,17)15-8-1-2-9(13)7(5-8)6-14/h1-5,15H. The molecule has 0 fully saturated rings. The number of hydrogen-bond acceptors (Lipinski definition) is 4. The van der Waals surface area contributed by atoms with E-state index in [-0.39, 0.29) is 15.5 Å². The Morgan fingerprint density at radius 1 is 1.32 bits per heavy atom. The average molecular weight is 317 g/mol. The van der Waals surface area contributed by atoms with E-state index in [1.807, 2.05) is 0 Å². The number of thiophene rings is 1. The van der Waals surface area contributed by atoms with Gasteiger partial charge in [-0.2, -0.15) is 5.26 Å². The largest absolute Gasteiger partial charge is 0.279 e. The molecule has 0 bridgehead atoms. The van der Waals surface area contributed by atoms with E-state index >= 15 is 0 Å². The van der Waals surface area contributed by atoms with Crippen LogP contribution in [0.5, 0.6) is 0 Å². The molecule has 0 spiro atoms. The van der Waals surface area contributed by atoms with E-state index in [2.05, 4.69) is 4.72 Å². The first-order valence-corrected chi connectivity index (χ1v) is 7.58. The highest BCUT2D eigenvalue weighted by molar-refractivity contribution is 7.94. The maximum Gasteiger partial charge on any atom is 0.271 e. The summed E-state index contributed by atoms with van der Waals surface area (Å²) in [5, 5.41) is 8.68. The minimum atomic E-state index is -3.78. The molecule has 19 heavy (non-hydrogen) atoms. The van der Waals surface area contributed by atoms with Crippen LogP contribution in [0, 0.1) is 17.1 Å². The van der Waals surface area contributed by atoms with E-state index in [1.165, 1.54) is 18.2 Å². The molecule has 0 saturated carbocycles. The summed E-state index contributed by atoms with van der Waals surface area (Å²) in [6.45, 7) is 0. The molecule has 1 aromatic heterocycles. The summed E-state index contributed by atoms with van der Waals surface area (Å²) in [4.78, 5) is 0. The fourth-order valence-electron chi connectivity index (χ4n) is 1.32. The van der Waals surface area contributed by atoms with Crippen molar-refractivity contribution in [1.29, 1.82) is 5.26 Å². The maximum atomic E-state index is 13.1. The van der Waals surface area contributed by atoms with E-state index in [9.17, 15) is 12.8 Å². The summed E-state index contributed by atoms with van der Waals surface area (Å²) in [6.07, 6.45) is 0. The lowest BCUT2D eigenvalue weighted by molar-refractivity contribution is 0.603. The summed E-state index contributed by atoms with van der Waals surface area (Å²) >= 11 is 6.57. The lowest BCUT2D eigenvalue weighted by Crippen LogP contribution is -2.11. The second-order valence-corrected chi connectivity index (χ2v) is 7.09. The van der Waals surface area contributed by atoms with Gasteiger partial charge in [0, 0.05) is 0 Å². The number of nitriles is 1. The highest BCUT2D eigenvalue weighted by atomic mass is 35.5. The second kappa shape index (κ2) is 5.17. The molecule has 8 heteroatoms. The van der Waals surface area contributed by atoms with E-state index in [4.69, 9.17) is 16.9 Å². The topological polar surface area (TPSA) is 70.0 Å². The van der Waals surface area contributed by atoms with Crippen LogP contribution in [0.3, 0.4) is 0 Å². The number of nitrogens with zero attached hydrogens (tertiary/aromatic N) is 1. The Kier molecular flexibility index (Phi) is 3.75. The lowest BCUT2D eigenvalue weighted by atomic mass is 10.2. The van der Waals surface area contributed by atoms with Crippen LogP contribution in [-0.4, -0.2) is 8.42 Å². The van der Waals surface area contributed by atoms with Gasteiger partial charge in [-0.05, 0) is 30.3 Å². The zero-order valence-electron chi connectivity index (χ0n) is 9.22. The fourth-order valence-corrected chi connectivity index (χ4v) is 3.85. The number of benzene rings is 1. The average Bonchev–Trinajstić information content (AvgIpc) is 2.79. The molecular weight excluding hydrogens is 311 g/mol. The molecule has 1 N–H and O–H groups in total. The third-order valence-corrected chi connectivity index (χ3v) is 5.26. The maximum absolute atomic E-state index is 13.1. The van der Waals surface area contributed by atoms with Crippen molar-refractivity contribution in [3.63, 3.8) is 0 Å². The van der Waals surface area contributed by atoms with Gasteiger partial charge in [-0.3, -0.25) is 4.72 Å². The molecule has 2 rings (SSSR count). The quantitative estimate of drug-likeness (QED) is 0.945. The van der Waals surface area contributed by atoms with Crippen molar-refractivity contribution in [2.75, 3.05) is 4.72 Å². The molecule has 0 aliphatic heterocycles. The number of sulfonamides is 1. The van der Waals surface area contributed by atoms with E-state index in [0.29, 0.717) is 4.34 Å². The summed E-state index contributed by atoms with van der Waals surface area (Å²) < 4.78 is 39.7. The number of hydrogen-bond donors (Lipinski definition) is 1. The Morgan fingerprint density at radius 2 is 2.05 bits per heavy atom. The van der Waals surface area contributed by atoms with Gasteiger partial charge in [-0.1, -0.05) is 11.6 Å². The second-order valence-electron chi connectivity index (χ2n) is 3.47. The molecule has 0 aliphatic carbocycles. The van der Waals surface area contributed by atoms with Gasteiger partial charge in [-0.25, -0.2) is 12.8 Å². The van der Waals surface area contributed by atoms with Crippen LogP contribution < -0.4 is 4.72 Å². The third kappa shape index (κ3) is 3.04. The molecule has 0 saturated heterocycles. The number of anilines is 1. The number of rotatable bonds is 3. The first-order valence-electron chi connectivity index (χ1n) is 4.90. The van der Waals surface area contributed by atoms with E-state index in [0.717, 1.165) is 23.5 Å². The first-order chi connectivity index (χ1) is 8.92. The van der Waals surface area contributed by atoms with Crippen LogP contribution in [0.15, 0.2) is 34.5 Å².